The lowest BCUT2D eigenvalue weighted by atomic mass is 9.90. The predicted molar refractivity (Wildman–Crippen MR) is 109 cm³/mol. The molecule has 0 atom stereocenters. The summed E-state index contributed by atoms with van der Waals surface area (Å²) in [4.78, 5) is 10.5. The Hall–Kier alpha value is -2.61. The molecule has 26 heavy (non-hydrogen) atoms. The summed E-state index contributed by atoms with van der Waals surface area (Å²) < 4.78 is 0. The molecular formula is C24H24O2. The second kappa shape index (κ2) is 7.33. The molecule has 0 saturated carbocycles. The number of aliphatic carboxylic acids is 1. The van der Waals surface area contributed by atoms with Gasteiger partial charge in [0, 0.05) is 6.42 Å². The van der Waals surface area contributed by atoms with Crippen LogP contribution in [0.5, 0.6) is 0 Å². The molecule has 0 aliphatic rings. The van der Waals surface area contributed by atoms with Crippen molar-refractivity contribution in [3.8, 4) is 0 Å². The Kier molecular flexibility index (Phi) is 4.75. The van der Waals surface area contributed by atoms with Gasteiger partial charge in [0.1, 0.15) is 0 Å². The lowest BCUT2D eigenvalue weighted by Gasteiger charge is -2.14. The number of carboxylic acid groups (broad SMARTS) is 1. The van der Waals surface area contributed by atoms with E-state index in [9.17, 15) is 4.79 Å². The van der Waals surface area contributed by atoms with Gasteiger partial charge in [0.25, 0.3) is 0 Å². The summed E-state index contributed by atoms with van der Waals surface area (Å²) in [5, 5.41) is 16.8. The maximum atomic E-state index is 10.5. The van der Waals surface area contributed by atoms with E-state index in [1.54, 1.807) is 0 Å². The van der Waals surface area contributed by atoms with Crippen LogP contribution in [0.1, 0.15) is 44.1 Å². The van der Waals surface area contributed by atoms with Gasteiger partial charge in [0.2, 0.25) is 0 Å². The number of carbonyl (C=O) groups is 1. The van der Waals surface area contributed by atoms with E-state index in [1.165, 1.54) is 44.3 Å². The average molecular weight is 344 g/mol. The summed E-state index contributed by atoms with van der Waals surface area (Å²) in [7, 11) is 0. The minimum atomic E-state index is -0.682. The lowest BCUT2D eigenvalue weighted by Crippen LogP contribution is -1.94. The molecule has 4 aromatic rings. The monoisotopic (exact) mass is 344 g/mol. The van der Waals surface area contributed by atoms with E-state index in [0.29, 0.717) is 6.42 Å². The topological polar surface area (TPSA) is 37.3 Å². The Bertz CT molecular complexity index is 1030. The van der Waals surface area contributed by atoms with Crippen LogP contribution in [-0.4, -0.2) is 11.1 Å². The smallest absolute Gasteiger partial charge is 0.303 e. The maximum absolute atomic E-state index is 10.5. The predicted octanol–water partition coefficient (Wildman–Crippen LogP) is 6.55. The van der Waals surface area contributed by atoms with Crippen molar-refractivity contribution in [2.75, 3.05) is 0 Å². The van der Waals surface area contributed by atoms with Gasteiger partial charge in [0.05, 0.1) is 0 Å². The minimum absolute atomic E-state index is 0.301. The summed E-state index contributed by atoms with van der Waals surface area (Å²) in [6.07, 6.45) is 6.67. The fourth-order valence-corrected chi connectivity index (χ4v) is 4.14. The normalized spacial score (nSPS) is 11.7. The van der Waals surface area contributed by atoms with Gasteiger partial charge in [-0.1, -0.05) is 73.9 Å². The summed E-state index contributed by atoms with van der Waals surface area (Å²) in [5.74, 6) is -0.682. The van der Waals surface area contributed by atoms with Crippen LogP contribution in [0.2, 0.25) is 0 Å². The molecule has 1 N–H and O–H groups in total. The van der Waals surface area contributed by atoms with Crippen LogP contribution >= 0.6 is 0 Å². The molecule has 2 heteroatoms. The van der Waals surface area contributed by atoms with Crippen molar-refractivity contribution in [3.63, 3.8) is 0 Å². The second-order valence-corrected chi connectivity index (χ2v) is 7.24. The number of hydrogen-bond acceptors (Lipinski definition) is 1. The zero-order chi connectivity index (χ0) is 17.9. The highest BCUT2D eigenvalue weighted by Gasteiger charge is 2.10. The van der Waals surface area contributed by atoms with E-state index in [2.05, 4.69) is 54.6 Å². The molecule has 0 spiro atoms. The molecule has 4 rings (SSSR count). The van der Waals surface area contributed by atoms with Gasteiger partial charge in [-0.3, -0.25) is 4.79 Å². The van der Waals surface area contributed by atoms with E-state index in [1.807, 2.05) is 0 Å². The standard InChI is InChI=1S/C24H24O2/c25-22(26)10-5-3-1-2-4-7-17-11-12-20-14-13-18-8-6-9-19-15-16-21(17)24(20)23(18)19/h6,8-9,11-16H,1-5,7,10H2,(H,25,26). The van der Waals surface area contributed by atoms with Crippen molar-refractivity contribution >= 4 is 38.3 Å². The second-order valence-electron chi connectivity index (χ2n) is 7.24. The van der Waals surface area contributed by atoms with Gasteiger partial charge < -0.3 is 5.11 Å². The zero-order valence-electron chi connectivity index (χ0n) is 15.0. The first kappa shape index (κ1) is 16.8. The Morgan fingerprint density at radius 1 is 0.692 bits per heavy atom. The van der Waals surface area contributed by atoms with Crippen LogP contribution < -0.4 is 0 Å². The lowest BCUT2D eigenvalue weighted by molar-refractivity contribution is -0.137. The van der Waals surface area contributed by atoms with Gasteiger partial charge >= 0.3 is 5.97 Å². The van der Waals surface area contributed by atoms with Crippen LogP contribution in [0.3, 0.4) is 0 Å². The Morgan fingerprint density at radius 2 is 1.31 bits per heavy atom. The molecule has 132 valence electrons. The molecule has 2 nitrogen and oxygen atoms in total. The highest BCUT2D eigenvalue weighted by molar-refractivity contribution is 6.23. The van der Waals surface area contributed by atoms with Gasteiger partial charge in [-0.25, -0.2) is 0 Å². The van der Waals surface area contributed by atoms with E-state index in [0.717, 1.165) is 32.1 Å². The first-order chi connectivity index (χ1) is 12.7. The largest absolute Gasteiger partial charge is 0.481 e. The van der Waals surface area contributed by atoms with Crippen molar-refractivity contribution in [1.82, 2.24) is 0 Å². The third-order valence-electron chi connectivity index (χ3n) is 5.46. The zero-order valence-corrected chi connectivity index (χ0v) is 15.0. The Balaban J connectivity index is 1.52. The molecule has 0 unspecified atom stereocenters. The van der Waals surface area contributed by atoms with Crippen molar-refractivity contribution in [2.24, 2.45) is 0 Å². The summed E-state index contributed by atoms with van der Waals surface area (Å²) in [5.41, 5.74) is 1.43. The minimum Gasteiger partial charge on any atom is -0.481 e. The molecule has 0 bridgehead atoms. The van der Waals surface area contributed by atoms with Crippen LogP contribution in [-0.2, 0) is 11.2 Å². The fourth-order valence-electron chi connectivity index (χ4n) is 4.14. The number of unbranched alkanes of at least 4 members (excludes halogenated alkanes) is 4. The van der Waals surface area contributed by atoms with Gasteiger partial charge in [0.15, 0.2) is 0 Å². The molecule has 0 fully saturated rings. The molecular weight excluding hydrogens is 320 g/mol. The third kappa shape index (κ3) is 3.24. The van der Waals surface area contributed by atoms with Crippen molar-refractivity contribution in [2.45, 2.75) is 44.9 Å². The fraction of sp³-hybridized carbons (Fsp3) is 0.292. The molecule has 0 aliphatic heterocycles. The van der Waals surface area contributed by atoms with Crippen LogP contribution in [0.25, 0.3) is 32.3 Å². The Labute approximate surface area is 153 Å². The highest BCUT2D eigenvalue weighted by atomic mass is 16.4. The van der Waals surface area contributed by atoms with Crippen molar-refractivity contribution < 1.29 is 9.90 Å². The van der Waals surface area contributed by atoms with Gasteiger partial charge in [-0.2, -0.15) is 0 Å². The molecule has 0 radical (unpaired) electrons. The first-order valence-electron chi connectivity index (χ1n) is 9.61. The highest BCUT2D eigenvalue weighted by Crippen LogP contribution is 2.36. The average Bonchev–Trinajstić information content (AvgIpc) is 2.66. The number of carboxylic acids is 1. The number of hydrogen-bond donors (Lipinski definition) is 1. The molecule has 0 saturated heterocycles. The van der Waals surface area contributed by atoms with Gasteiger partial charge in [-0.05, 0) is 57.1 Å². The summed E-state index contributed by atoms with van der Waals surface area (Å²) in [6.45, 7) is 0. The van der Waals surface area contributed by atoms with E-state index in [-0.39, 0.29) is 0 Å². The maximum Gasteiger partial charge on any atom is 0.303 e. The van der Waals surface area contributed by atoms with Crippen LogP contribution in [0, 0.1) is 0 Å². The quantitative estimate of drug-likeness (QED) is 0.290. The van der Waals surface area contributed by atoms with E-state index in [4.69, 9.17) is 5.11 Å². The van der Waals surface area contributed by atoms with Crippen molar-refractivity contribution in [1.29, 1.82) is 0 Å². The first-order valence-corrected chi connectivity index (χ1v) is 9.61. The molecule has 0 heterocycles. The number of rotatable bonds is 8. The molecule has 0 aromatic heterocycles. The van der Waals surface area contributed by atoms with Crippen LogP contribution in [0.4, 0.5) is 0 Å². The molecule has 0 aliphatic carbocycles. The summed E-state index contributed by atoms with van der Waals surface area (Å²) in [6, 6.07) is 20.1. The Morgan fingerprint density at radius 3 is 2.08 bits per heavy atom. The van der Waals surface area contributed by atoms with E-state index >= 15 is 0 Å². The number of benzene rings is 4. The summed E-state index contributed by atoms with van der Waals surface area (Å²) >= 11 is 0. The SMILES string of the molecule is O=C(O)CCCCCCCc1ccc2ccc3cccc4ccc1c2c34. The van der Waals surface area contributed by atoms with Crippen molar-refractivity contribution in [3.05, 3.63) is 60.2 Å². The number of aryl methyl sites for hydroxylation is 1. The van der Waals surface area contributed by atoms with Gasteiger partial charge in [-0.15, -0.1) is 0 Å². The van der Waals surface area contributed by atoms with Crippen LogP contribution in [0.15, 0.2) is 54.6 Å². The third-order valence-corrected chi connectivity index (χ3v) is 5.46. The van der Waals surface area contributed by atoms with E-state index < -0.39 is 5.97 Å². The molecule has 4 aromatic carbocycles. The molecule has 0 amide bonds.